The number of carbonyl (C=O) groups is 1. The van der Waals surface area contributed by atoms with Crippen molar-refractivity contribution in [2.45, 2.75) is 9.79 Å². The molecule has 0 radical (unpaired) electrons. The van der Waals surface area contributed by atoms with Crippen LogP contribution in [0.1, 0.15) is 10.4 Å². The third-order valence-electron chi connectivity index (χ3n) is 2.47. The second-order valence-corrected chi connectivity index (χ2v) is 4.86. The van der Waals surface area contributed by atoms with Crippen LogP contribution in [0.15, 0.2) is 52.3 Å². The number of esters is 1. The van der Waals surface area contributed by atoms with Crippen LogP contribution < -0.4 is 5.73 Å². The molecule has 19 heavy (non-hydrogen) atoms. The molecule has 0 amide bonds. The largest absolute Gasteiger partial charge is 0.465 e. The summed E-state index contributed by atoms with van der Waals surface area (Å²) in [6.07, 6.45) is 0. The molecule has 0 spiro atoms. The molecule has 0 unspecified atom stereocenters. The maximum Gasteiger partial charge on any atom is 0.339 e. The monoisotopic (exact) mass is 277 g/mol. The molecule has 2 aromatic rings. The van der Waals surface area contributed by atoms with Crippen LogP contribution in [-0.4, -0.2) is 13.1 Å². The lowest BCUT2D eigenvalue weighted by Gasteiger charge is -2.10. The van der Waals surface area contributed by atoms with Crippen molar-refractivity contribution in [3.63, 3.8) is 0 Å². The quantitative estimate of drug-likeness (QED) is 0.690. The summed E-state index contributed by atoms with van der Waals surface area (Å²) in [6, 6.07) is 11.1. The molecular weight excluding hydrogens is 265 g/mol. The van der Waals surface area contributed by atoms with Crippen molar-refractivity contribution in [3.05, 3.63) is 53.8 Å². The Hall–Kier alpha value is -2.01. The molecule has 5 heteroatoms. The van der Waals surface area contributed by atoms with Crippen LogP contribution in [0.25, 0.3) is 0 Å². The van der Waals surface area contributed by atoms with E-state index in [1.54, 1.807) is 30.3 Å². The van der Waals surface area contributed by atoms with Crippen LogP contribution in [0.4, 0.5) is 10.1 Å². The Bertz CT molecular complexity index is 616. The Balaban J connectivity index is 2.41. The van der Waals surface area contributed by atoms with Gasteiger partial charge in [-0.05, 0) is 30.3 Å². The van der Waals surface area contributed by atoms with Crippen LogP contribution >= 0.6 is 11.8 Å². The Morgan fingerprint density at radius 2 is 2.00 bits per heavy atom. The standard InChI is InChI=1S/C14H12FNO2S/c1-18-14(17)11-6-3-7-12(16)13(11)19-10-5-2-4-9(15)8-10/h2-8H,16H2,1H3. The van der Waals surface area contributed by atoms with Gasteiger partial charge in [0.15, 0.2) is 0 Å². The highest BCUT2D eigenvalue weighted by Gasteiger charge is 2.15. The van der Waals surface area contributed by atoms with Crippen LogP contribution in [-0.2, 0) is 4.74 Å². The number of carbonyl (C=O) groups excluding carboxylic acids is 1. The number of benzene rings is 2. The first-order valence-corrected chi connectivity index (χ1v) is 6.33. The number of ether oxygens (including phenoxy) is 1. The van der Waals surface area contributed by atoms with Crippen molar-refractivity contribution in [1.82, 2.24) is 0 Å². The van der Waals surface area contributed by atoms with E-state index in [2.05, 4.69) is 0 Å². The maximum atomic E-state index is 13.2. The van der Waals surface area contributed by atoms with E-state index in [0.717, 1.165) is 0 Å². The molecule has 0 aliphatic carbocycles. The zero-order valence-corrected chi connectivity index (χ0v) is 11.0. The molecule has 0 fully saturated rings. The van der Waals surface area contributed by atoms with E-state index in [4.69, 9.17) is 10.5 Å². The number of nitrogens with two attached hydrogens (primary N) is 1. The van der Waals surface area contributed by atoms with E-state index in [1.807, 2.05) is 0 Å². The fourth-order valence-corrected chi connectivity index (χ4v) is 2.59. The van der Waals surface area contributed by atoms with Gasteiger partial charge in [-0.3, -0.25) is 0 Å². The number of halogens is 1. The molecule has 0 atom stereocenters. The molecule has 0 saturated heterocycles. The minimum absolute atomic E-state index is 0.334. The van der Waals surface area contributed by atoms with E-state index in [0.29, 0.717) is 21.0 Å². The average molecular weight is 277 g/mol. The molecule has 0 aliphatic rings. The SMILES string of the molecule is COC(=O)c1cccc(N)c1Sc1cccc(F)c1. The third-order valence-corrected chi connectivity index (χ3v) is 3.62. The van der Waals surface area contributed by atoms with Crippen molar-refractivity contribution in [3.8, 4) is 0 Å². The predicted octanol–water partition coefficient (Wildman–Crippen LogP) is 3.35. The average Bonchev–Trinajstić information content (AvgIpc) is 2.40. The predicted molar refractivity (Wildman–Crippen MR) is 72.7 cm³/mol. The van der Waals surface area contributed by atoms with E-state index in [9.17, 15) is 9.18 Å². The first-order valence-electron chi connectivity index (χ1n) is 5.52. The number of hydrogen-bond acceptors (Lipinski definition) is 4. The minimum Gasteiger partial charge on any atom is -0.465 e. The Morgan fingerprint density at radius 1 is 1.26 bits per heavy atom. The van der Waals surface area contributed by atoms with Crippen LogP contribution in [0.5, 0.6) is 0 Å². The lowest BCUT2D eigenvalue weighted by molar-refractivity contribution is 0.0597. The van der Waals surface area contributed by atoms with Gasteiger partial charge < -0.3 is 10.5 Å². The second-order valence-electron chi connectivity index (χ2n) is 3.77. The zero-order valence-electron chi connectivity index (χ0n) is 10.2. The van der Waals surface area contributed by atoms with E-state index in [1.165, 1.54) is 31.0 Å². The molecule has 0 heterocycles. The van der Waals surface area contributed by atoms with E-state index < -0.39 is 5.97 Å². The van der Waals surface area contributed by atoms with Gasteiger partial charge in [0.1, 0.15) is 5.82 Å². The van der Waals surface area contributed by atoms with Crippen molar-refractivity contribution >= 4 is 23.4 Å². The van der Waals surface area contributed by atoms with Gasteiger partial charge in [0, 0.05) is 15.5 Å². The number of rotatable bonds is 3. The highest BCUT2D eigenvalue weighted by atomic mass is 32.2. The molecule has 2 N–H and O–H groups in total. The van der Waals surface area contributed by atoms with Crippen LogP contribution in [0.2, 0.25) is 0 Å². The molecule has 2 aromatic carbocycles. The van der Waals surface area contributed by atoms with Crippen molar-refractivity contribution in [2.75, 3.05) is 12.8 Å². The highest BCUT2D eigenvalue weighted by molar-refractivity contribution is 7.99. The van der Waals surface area contributed by atoms with Gasteiger partial charge in [0.05, 0.1) is 12.7 Å². The molecular formula is C14H12FNO2S. The second kappa shape index (κ2) is 5.75. The van der Waals surface area contributed by atoms with Gasteiger partial charge >= 0.3 is 5.97 Å². The van der Waals surface area contributed by atoms with Crippen LogP contribution in [0, 0.1) is 5.82 Å². The van der Waals surface area contributed by atoms with Gasteiger partial charge in [-0.25, -0.2) is 9.18 Å². The van der Waals surface area contributed by atoms with Gasteiger partial charge in [-0.1, -0.05) is 23.9 Å². The molecule has 3 nitrogen and oxygen atoms in total. The van der Waals surface area contributed by atoms with Crippen molar-refractivity contribution in [1.29, 1.82) is 0 Å². The first-order chi connectivity index (χ1) is 9.11. The summed E-state index contributed by atoms with van der Waals surface area (Å²) in [5.74, 6) is -0.801. The Morgan fingerprint density at radius 3 is 2.68 bits per heavy atom. The summed E-state index contributed by atoms with van der Waals surface area (Å²) in [5.41, 5.74) is 6.71. The van der Waals surface area contributed by atoms with E-state index >= 15 is 0 Å². The smallest absolute Gasteiger partial charge is 0.339 e. The normalized spacial score (nSPS) is 10.2. The van der Waals surface area contributed by atoms with E-state index in [-0.39, 0.29) is 5.82 Å². The first kappa shape index (κ1) is 13.4. The minimum atomic E-state index is -0.466. The number of hydrogen-bond donors (Lipinski definition) is 1. The van der Waals surface area contributed by atoms with Crippen LogP contribution in [0.3, 0.4) is 0 Å². The zero-order chi connectivity index (χ0) is 13.8. The number of anilines is 1. The Labute approximate surface area is 114 Å². The lowest BCUT2D eigenvalue weighted by Crippen LogP contribution is -2.05. The molecule has 0 bridgehead atoms. The lowest BCUT2D eigenvalue weighted by atomic mass is 10.2. The summed E-state index contributed by atoms with van der Waals surface area (Å²) < 4.78 is 17.9. The summed E-state index contributed by atoms with van der Waals surface area (Å²) in [7, 11) is 1.31. The summed E-state index contributed by atoms with van der Waals surface area (Å²) in [4.78, 5) is 12.9. The summed E-state index contributed by atoms with van der Waals surface area (Å²) >= 11 is 1.23. The summed E-state index contributed by atoms with van der Waals surface area (Å²) in [5, 5.41) is 0. The van der Waals surface area contributed by atoms with Gasteiger partial charge in [0.2, 0.25) is 0 Å². The number of nitrogen functional groups attached to an aromatic ring is 1. The molecule has 2 rings (SSSR count). The Kier molecular flexibility index (Phi) is 4.06. The fraction of sp³-hybridized carbons (Fsp3) is 0.0714. The molecule has 0 aliphatic heterocycles. The van der Waals surface area contributed by atoms with Gasteiger partial charge in [-0.2, -0.15) is 0 Å². The van der Waals surface area contributed by atoms with Crippen molar-refractivity contribution < 1.29 is 13.9 Å². The molecule has 0 aromatic heterocycles. The third kappa shape index (κ3) is 3.06. The molecule has 98 valence electrons. The van der Waals surface area contributed by atoms with Crippen molar-refractivity contribution in [2.24, 2.45) is 0 Å². The summed E-state index contributed by atoms with van der Waals surface area (Å²) in [6.45, 7) is 0. The topological polar surface area (TPSA) is 52.3 Å². The number of methoxy groups -OCH3 is 1. The van der Waals surface area contributed by atoms with Gasteiger partial charge in [-0.15, -0.1) is 0 Å². The fourth-order valence-electron chi connectivity index (χ4n) is 1.59. The highest BCUT2D eigenvalue weighted by Crippen LogP contribution is 2.35. The maximum absolute atomic E-state index is 13.2. The molecule has 0 saturated carbocycles. The van der Waals surface area contributed by atoms with Gasteiger partial charge in [0.25, 0.3) is 0 Å².